The number of amides is 2. The van der Waals surface area contributed by atoms with Crippen molar-refractivity contribution in [2.75, 3.05) is 13.2 Å². The van der Waals surface area contributed by atoms with Crippen LogP contribution in [-0.2, 0) is 6.54 Å². The summed E-state index contributed by atoms with van der Waals surface area (Å²) < 4.78 is 7.72. The fourth-order valence-electron chi connectivity index (χ4n) is 4.62. The molecule has 172 valence electrons. The van der Waals surface area contributed by atoms with E-state index >= 15 is 0 Å². The van der Waals surface area contributed by atoms with Gasteiger partial charge in [0, 0.05) is 22.2 Å². The second kappa shape index (κ2) is 9.61. The first kappa shape index (κ1) is 22.0. The first-order chi connectivity index (χ1) is 16.1. The molecule has 0 saturated carbocycles. The number of hydrogen-bond donors (Lipinski definition) is 1. The van der Waals surface area contributed by atoms with Crippen LogP contribution in [0.15, 0.2) is 48.8 Å². The fourth-order valence-corrected chi connectivity index (χ4v) is 4.93. The van der Waals surface area contributed by atoms with Crippen molar-refractivity contribution in [2.24, 2.45) is 0 Å². The average molecular weight is 486 g/mol. The van der Waals surface area contributed by atoms with E-state index in [9.17, 15) is 4.79 Å². The van der Waals surface area contributed by atoms with E-state index in [2.05, 4.69) is 15.4 Å². The monoisotopic (exact) mass is 485 g/mol. The third kappa shape index (κ3) is 4.80. The minimum absolute atomic E-state index is 0.101. The van der Waals surface area contributed by atoms with Crippen LogP contribution >= 0.6 is 23.2 Å². The number of rotatable bonds is 4. The number of halogens is 2. The van der Waals surface area contributed by atoms with E-state index in [4.69, 9.17) is 27.9 Å². The Labute approximate surface area is 202 Å². The van der Waals surface area contributed by atoms with Crippen LogP contribution in [0, 0.1) is 0 Å². The minimum Gasteiger partial charge on any atom is -0.493 e. The van der Waals surface area contributed by atoms with Gasteiger partial charge in [0.2, 0.25) is 0 Å². The topological polar surface area (TPSA) is 72.3 Å². The zero-order valence-electron chi connectivity index (χ0n) is 18.1. The lowest BCUT2D eigenvalue weighted by atomic mass is 10.0. The maximum atomic E-state index is 13.4. The van der Waals surface area contributed by atoms with E-state index in [1.54, 1.807) is 6.33 Å². The van der Waals surface area contributed by atoms with E-state index in [0.717, 1.165) is 48.4 Å². The molecule has 7 nitrogen and oxygen atoms in total. The summed E-state index contributed by atoms with van der Waals surface area (Å²) in [4.78, 5) is 19.8. The number of carbonyl (C=O) groups is 1. The second-order valence-corrected chi connectivity index (χ2v) is 9.30. The Morgan fingerprint density at radius 1 is 1.09 bits per heavy atom. The molecule has 2 amide bonds. The number of urea groups is 1. The Kier molecular flexibility index (Phi) is 6.42. The van der Waals surface area contributed by atoms with Crippen molar-refractivity contribution in [1.82, 2.24) is 25.0 Å². The van der Waals surface area contributed by atoms with Gasteiger partial charge in [0.05, 0.1) is 25.2 Å². The summed E-state index contributed by atoms with van der Waals surface area (Å²) in [7, 11) is 0. The molecule has 2 aliphatic rings. The van der Waals surface area contributed by atoms with Crippen molar-refractivity contribution in [3.8, 4) is 5.75 Å². The number of benzene rings is 2. The number of hydrogen-bond acceptors (Lipinski definition) is 4. The molecule has 0 bridgehead atoms. The number of fused-ring (bicyclic) bond motifs is 1. The molecule has 0 radical (unpaired) electrons. The average Bonchev–Trinajstić information content (AvgIpc) is 3.43. The number of likely N-dealkylation sites (tertiary alicyclic amines) is 1. The molecule has 5 rings (SSSR count). The highest BCUT2D eigenvalue weighted by Gasteiger charge is 2.35. The molecule has 1 fully saturated rings. The van der Waals surface area contributed by atoms with Gasteiger partial charge in [-0.1, -0.05) is 35.3 Å². The van der Waals surface area contributed by atoms with Crippen LogP contribution < -0.4 is 10.1 Å². The van der Waals surface area contributed by atoms with Gasteiger partial charge in [-0.3, -0.25) is 0 Å². The Balaban J connectivity index is 1.34. The SMILES string of the molecule is O=C(NC1CCCOc2ccc(Cl)cc21)N1CCC[C@@H]1c1ncnn1Cc1ccc(Cl)cc1. The quantitative estimate of drug-likeness (QED) is 0.537. The summed E-state index contributed by atoms with van der Waals surface area (Å²) in [5.41, 5.74) is 2.00. The third-order valence-corrected chi connectivity index (χ3v) is 6.73. The molecule has 33 heavy (non-hydrogen) atoms. The predicted octanol–water partition coefficient (Wildman–Crippen LogP) is 5.39. The smallest absolute Gasteiger partial charge is 0.318 e. The van der Waals surface area contributed by atoms with Crippen molar-refractivity contribution in [2.45, 2.75) is 44.3 Å². The standard InChI is InChI=1S/C24H25Cl2N5O2/c25-17-7-5-16(6-8-17)14-31-23(27-15-28-31)21-4-1-11-30(21)24(32)29-20-3-2-12-33-22-10-9-18(26)13-19(20)22/h5-10,13,15,20-21H,1-4,11-12,14H2,(H,29,32)/t20?,21-/m1/s1. The summed E-state index contributed by atoms with van der Waals surface area (Å²) >= 11 is 12.2. The summed E-state index contributed by atoms with van der Waals surface area (Å²) in [5.74, 6) is 1.58. The molecule has 0 aliphatic carbocycles. The van der Waals surface area contributed by atoms with Crippen LogP contribution in [0.2, 0.25) is 10.0 Å². The van der Waals surface area contributed by atoms with Gasteiger partial charge in [0.15, 0.2) is 0 Å². The van der Waals surface area contributed by atoms with Gasteiger partial charge in [-0.15, -0.1) is 0 Å². The summed E-state index contributed by atoms with van der Waals surface area (Å²) in [6.45, 7) is 1.88. The molecule has 1 unspecified atom stereocenters. The van der Waals surface area contributed by atoms with Crippen molar-refractivity contribution in [3.05, 3.63) is 75.8 Å². The van der Waals surface area contributed by atoms with Crippen molar-refractivity contribution in [1.29, 1.82) is 0 Å². The van der Waals surface area contributed by atoms with Gasteiger partial charge < -0.3 is 15.0 Å². The van der Waals surface area contributed by atoms with Crippen LogP contribution in [0.4, 0.5) is 4.79 Å². The lowest BCUT2D eigenvalue weighted by Gasteiger charge is -2.27. The Morgan fingerprint density at radius 2 is 1.91 bits per heavy atom. The Hall–Kier alpha value is -2.77. The third-order valence-electron chi connectivity index (χ3n) is 6.24. The second-order valence-electron chi connectivity index (χ2n) is 8.43. The lowest BCUT2D eigenvalue weighted by Crippen LogP contribution is -2.41. The van der Waals surface area contributed by atoms with E-state index in [-0.39, 0.29) is 18.1 Å². The van der Waals surface area contributed by atoms with Crippen LogP contribution in [0.1, 0.15) is 54.7 Å². The highest BCUT2D eigenvalue weighted by Crippen LogP contribution is 2.35. The molecular weight excluding hydrogens is 461 g/mol. The van der Waals surface area contributed by atoms with Gasteiger partial charge in [0.1, 0.15) is 17.9 Å². The minimum atomic E-state index is -0.151. The molecule has 0 spiro atoms. The number of nitrogens with one attached hydrogen (secondary N) is 1. The molecule has 2 atom stereocenters. The van der Waals surface area contributed by atoms with Crippen molar-refractivity contribution >= 4 is 29.2 Å². The van der Waals surface area contributed by atoms with Crippen LogP contribution in [-0.4, -0.2) is 38.8 Å². The summed E-state index contributed by atoms with van der Waals surface area (Å²) in [6, 6.07) is 12.9. The summed E-state index contributed by atoms with van der Waals surface area (Å²) in [5, 5.41) is 8.98. The van der Waals surface area contributed by atoms with Crippen molar-refractivity contribution in [3.63, 3.8) is 0 Å². The first-order valence-electron chi connectivity index (χ1n) is 11.2. The molecule has 3 aromatic rings. The maximum Gasteiger partial charge on any atom is 0.318 e. The Morgan fingerprint density at radius 3 is 2.76 bits per heavy atom. The largest absolute Gasteiger partial charge is 0.493 e. The normalized spacial score (nSPS) is 20.1. The van der Waals surface area contributed by atoms with E-state index in [1.165, 1.54) is 0 Å². The fraction of sp³-hybridized carbons (Fsp3) is 0.375. The first-order valence-corrected chi connectivity index (χ1v) is 12.0. The zero-order valence-corrected chi connectivity index (χ0v) is 19.6. The van der Waals surface area contributed by atoms with Crippen LogP contribution in [0.3, 0.4) is 0 Å². The highest BCUT2D eigenvalue weighted by atomic mass is 35.5. The van der Waals surface area contributed by atoms with Crippen molar-refractivity contribution < 1.29 is 9.53 Å². The van der Waals surface area contributed by atoms with Gasteiger partial charge in [-0.25, -0.2) is 14.5 Å². The Bertz CT molecular complexity index is 1130. The molecule has 2 aliphatic heterocycles. The van der Waals surface area contributed by atoms with E-state index in [0.29, 0.717) is 29.7 Å². The molecular formula is C24H25Cl2N5O2. The van der Waals surface area contributed by atoms with E-state index < -0.39 is 0 Å². The molecule has 2 aromatic carbocycles. The van der Waals surface area contributed by atoms with Gasteiger partial charge >= 0.3 is 6.03 Å². The number of nitrogens with zero attached hydrogens (tertiary/aromatic N) is 4. The van der Waals surface area contributed by atoms with Crippen LogP contribution in [0.5, 0.6) is 5.75 Å². The number of aromatic nitrogens is 3. The molecule has 9 heteroatoms. The zero-order chi connectivity index (χ0) is 22.8. The molecule has 1 saturated heterocycles. The summed E-state index contributed by atoms with van der Waals surface area (Å²) in [6.07, 6.45) is 4.98. The van der Waals surface area contributed by atoms with Crippen LogP contribution in [0.25, 0.3) is 0 Å². The van der Waals surface area contributed by atoms with Gasteiger partial charge in [-0.2, -0.15) is 5.10 Å². The molecule has 1 N–H and O–H groups in total. The predicted molar refractivity (Wildman–Crippen MR) is 127 cm³/mol. The molecule has 1 aromatic heterocycles. The number of carbonyl (C=O) groups excluding carboxylic acids is 1. The lowest BCUT2D eigenvalue weighted by molar-refractivity contribution is 0.185. The maximum absolute atomic E-state index is 13.4. The highest BCUT2D eigenvalue weighted by molar-refractivity contribution is 6.30. The molecule has 3 heterocycles. The van der Waals surface area contributed by atoms with E-state index in [1.807, 2.05) is 52.0 Å². The van der Waals surface area contributed by atoms with Gasteiger partial charge in [-0.05, 0) is 61.6 Å². The van der Waals surface area contributed by atoms with Gasteiger partial charge in [0.25, 0.3) is 0 Å². The number of ether oxygens (including phenoxy) is 1.